The summed E-state index contributed by atoms with van der Waals surface area (Å²) in [7, 11) is 0. The fourth-order valence-electron chi connectivity index (χ4n) is 4.08. The van der Waals surface area contributed by atoms with Crippen LogP contribution in [0.15, 0.2) is 36.4 Å². The van der Waals surface area contributed by atoms with Crippen molar-refractivity contribution in [3.8, 4) is 11.3 Å². The van der Waals surface area contributed by atoms with Gasteiger partial charge in [-0.2, -0.15) is 18.3 Å². The number of carbonyl (C=O) groups excluding carboxylic acids is 1. The number of fused-ring (bicyclic) bond motifs is 1. The van der Waals surface area contributed by atoms with Crippen LogP contribution in [0, 0.1) is 5.82 Å². The number of alkyl halides is 3. The number of piperidine rings is 1. The summed E-state index contributed by atoms with van der Waals surface area (Å²) in [5.41, 5.74) is -0.804. The maximum Gasteiger partial charge on any atom is 0.433 e. The minimum atomic E-state index is -4.71. The number of likely N-dealkylation sites (tertiary alicyclic amines) is 1. The van der Waals surface area contributed by atoms with E-state index in [9.17, 15) is 22.4 Å². The van der Waals surface area contributed by atoms with Gasteiger partial charge in [0.25, 0.3) is 0 Å². The number of ketones is 1. The monoisotopic (exact) mass is 434 g/mol. The molecule has 4 rings (SSSR count). The number of nitrogens with zero attached hydrogens (tertiary/aromatic N) is 4. The molecule has 5 nitrogen and oxygen atoms in total. The van der Waals surface area contributed by atoms with Crippen LogP contribution in [0.3, 0.4) is 0 Å². The van der Waals surface area contributed by atoms with Crippen LogP contribution < -0.4 is 0 Å². The van der Waals surface area contributed by atoms with E-state index in [1.165, 1.54) is 18.2 Å². The number of Topliss-reactive ketones (excluding diaryl/α,β-unsaturated/α-hetero) is 1. The maximum atomic E-state index is 13.7. The molecular weight excluding hydrogens is 412 g/mol. The lowest BCUT2D eigenvalue weighted by Crippen LogP contribution is -2.42. The summed E-state index contributed by atoms with van der Waals surface area (Å²) in [6.45, 7) is 2.97. The van der Waals surface area contributed by atoms with E-state index >= 15 is 0 Å². The first-order chi connectivity index (χ1) is 14.8. The molecule has 2 aromatic heterocycles. The third-order valence-electron chi connectivity index (χ3n) is 5.71. The molecule has 0 bridgehead atoms. The van der Waals surface area contributed by atoms with E-state index in [0.29, 0.717) is 16.1 Å². The molecule has 3 heterocycles. The first-order valence-electron chi connectivity index (χ1n) is 10.3. The quantitative estimate of drug-likeness (QED) is 0.419. The molecule has 9 heteroatoms. The molecule has 1 aliphatic rings. The Morgan fingerprint density at radius 1 is 1.16 bits per heavy atom. The van der Waals surface area contributed by atoms with Crippen molar-refractivity contribution in [2.75, 3.05) is 13.1 Å². The molecule has 1 fully saturated rings. The SMILES string of the molecule is CCC1CCCCN1CC(=O)c1cc2nc(-c3ccc(F)cc3)cc(C(F)(F)F)n2n1. The normalized spacial score (nSPS) is 17.9. The predicted molar refractivity (Wildman–Crippen MR) is 107 cm³/mol. The summed E-state index contributed by atoms with van der Waals surface area (Å²) in [5.74, 6) is -0.830. The van der Waals surface area contributed by atoms with Gasteiger partial charge in [0.2, 0.25) is 0 Å². The number of halogens is 4. The summed E-state index contributed by atoms with van der Waals surface area (Å²) >= 11 is 0. The van der Waals surface area contributed by atoms with Crippen molar-refractivity contribution in [2.24, 2.45) is 0 Å². The van der Waals surface area contributed by atoms with Gasteiger partial charge in [0, 0.05) is 17.7 Å². The van der Waals surface area contributed by atoms with Crippen molar-refractivity contribution in [2.45, 2.75) is 44.8 Å². The number of benzene rings is 1. The molecule has 0 N–H and O–H groups in total. The average Bonchev–Trinajstić information content (AvgIpc) is 3.17. The van der Waals surface area contributed by atoms with Crippen LogP contribution in [-0.4, -0.2) is 44.4 Å². The molecule has 1 saturated heterocycles. The number of hydrogen-bond acceptors (Lipinski definition) is 4. The molecule has 1 unspecified atom stereocenters. The Hall–Kier alpha value is -2.81. The molecule has 0 radical (unpaired) electrons. The highest BCUT2D eigenvalue weighted by atomic mass is 19.4. The summed E-state index contributed by atoms with van der Waals surface area (Å²) in [4.78, 5) is 19.2. The zero-order chi connectivity index (χ0) is 22.2. The molecule has 3 aromatic rings. The zero-order valence-corrected chi connectivity index (χ0v) is 17.0. The molecule has 0 spiro atoms. The Morgan fingerprint density at radius 2 is 1.90 bits per heavy atom. The van der Waals surface area contributed by atoms with Crippen molar-refractivity contribution >= 4 is 11.4 Å². The van der Waals surface area contributed by atoms with Gasteiger partial charge in [-0.1, -0.05) is 13.3 Å². The zero-order valence-electron chi connectivity index (χ0n) is 17.0. The fraction of sp³-hybridized carbons (Fsp3) is 0.409. The maximum absolute atomic E-state index is 13.7. The smallest absolute Gasteiger partial charge is 0.293 e. The lowest BCUT2D eigenvalue weighted by molar-refractivity contribution is -0.142. The fourth-order valence-corrected chi connectivity index (χ4v) is 4.08. The third-order valence-corrected chi connectivity index (χ3v) is 5.71. The van der Waals surface area contributed by atoms with E-state index in [-0.39, 0.29) is 29.4 Å². The second-order valence-electron chi connectivity index (χ2n) is 7.78. The molecule has 0 aliphatic carbocycles. The lowest BCUT2D eigenvalue weighted by atomic mass is 9.99. The van der Waals surface area contributed by atoms with Gasteiger partial charge >= 0.3 is 6.18 Å². The molecule has 31 heavy (non-hydrogen) atoms. The van der Waals surface area contributed by atoms with Gasteiger partial charge < -0.3 is 0 Å². The van der Waals surface area contributed by atoms with Gasteiger partial charge in [-0.15, -0.1) is 0 Å². The molecule has 0 saturated carbocycles. The minimum Gasteiger partial charge on any atom is -0.293 e. The molecular formula is C22H22F4N4O. The molecule has 1 aromatic carbocycles. The van der Waals surface area contributed by atoms with Crippen molar-refractivity contribution in [1.82, 2.24) is 19.5 Å². The van der Waals surface area contributed by atoms with E-state index in [1.807, 2.05) is 0 Å². The van der Waals surface area contributed by atoms with E-state index in [2.05, 4.69) is 21.9 Å². The second-order valence-corrected chi connectivity index (χ2v) is 7.78. The van der Waals surface area contributed by atoms with E-state index in [4.69, 9.17) is 0 Å². The van der Waals surface area contributed by atoms with Gasteiger partial charge in [0.05, 0.1) is 12.2 Å². The average molecular weight is 434 g/mol. The van der Waals surface area contributed by atoms with Gasteiger partial charge in [0.15, 0.2) is 17.1 Å². The van der Waals surface area contributed by atoms with Crippen molar-refractivity contribution in [1.29, 1.82) is 0 Å². The van der Waals surface area contributed by atoms with Crippen molar-refractivity contribution in [3.63, 3.8) is 0 Å². The number of hydrogen-bond donors (Lipinski definition) is 0. The molecule has 1 aliphatic heterocycles. The summed E-state index contributed by atoms with van der Waals surface area (Å²) in [6, 6.07) is 7.47. The first kappa shape index (κ1) is 21.4. The third kappa shape index (κ3) is 4.46. The van der Waals surface area contributed by atoms with Crippen molar-refractivity contribution in [3.05, 3.63) is 53.6 Å². The van der Waals surface area contributed by atoms with Gasteiger partial charge in [-0.3, -0.25) is 9.69 Å². The van der Waals surface area contributed by atoms with Crippen LogP contribution >= 0.6 is 0 Å². The van der Waals surface area contributed by atoms with E-state index < -0.39 is 17.7 Å². The van der Waals surface area contributed by atoms with Crippen LogP contribution in [0.5, 0.6) is 0 Å². The number of rotatable bonds is 5. The highest BCUT2D eigenvalue weighted by Crippen LogP contribution is 2.32. The van der Waals surface area contributed by atoms with Crippen LogP contribution in [0.2, 0.25) is 0 Å². The summed E-state index contributed by atoms with van der Waals surface area (Å²) in [6.07, 6.45) is -0.671. The predicted octanol–water partition coefficient (Wildman–Crippen LogP) is 5.00. The summed E-state index contributed by atoms with van der Waals surface area (Å²) in [5, 5.41) is 3.94. The Balaban J connectivity index is 1.71. The standard InChI is InChI=1S/C22H22F4N4O/c1-2-16-5-3-4-10-29(16)13-19(31)18-12-21-27-17(14-6-8-15(23)9-7-14)11-20(22(24,25)26)30(21)28-18/h6-9,11-12,16H,2-5,10,13H2,1H3. The van der Waals surface area contributed by atoms with Crippen LogP contribution in [0.1, 0.15) is 48.8 Å². The van der Waals surface area contributed by atoms with Crippen molar-refractivity contribution < 1.29 is 22.4 Å². The second kappa shape index (κ2) is 8.37. The lowest BCUT2D eigenvalue weighted by Gasteiger charge is -2.34. The number of aromatic nitrogens is 3. The van der Waals surface area contributed by atoms with Crippen LogP contribution in [0.25, 0.3) is 16.9 Å². The van der Waals surface area contributed by atoms with Gasteiger partial charge in [-0.05, 0) is 56.1 Å². The highest BCUT2D eigenvalue weighted by Gasteiger charge is 2.36. The van der Waals surface area contributed by atoms with Crippen LogP contribution in [-0.2, 0) is 6.18 Å². The highest BCUT2D eigenvalue weighted by molar-refractivity contribution is 5.96. The largest absolute Gasteiger partial charge is 0.433 e. The topological polar surface area (TPSA) is 50.5 Å². The molecule has 1 atom stereocenters. The Morgan fingerprint density at radius 3 is 2.58 bits per heavy atom. The summed E-state index contributed by atoms with van der Waals surface area (Å²) < 4.78 is 55.0. The van der Waals surface area contributed by atoms with E-state index in [0.717, 1.165) is 50.4 Å². The molecule has 0 amide bonds. The van der Waals surface area contributed by atoms with E-state index in [1.54, 1.807) is 0 Å². The Labute approximate surface area is 176 Å². The number of carbonyl (C=O) groups is 1. The molecule has 164 valence electrons. The van der Waals surface area contributed by atoms with Gasteiger partial charge in [-0.25, -0.2) is 13.9 Å². The van der Waals surface area contributed by atoms with Crippen LogP contribution in [0.4, 0.5) is 17.6 Å². The van der Waals surface area contributed by atoms with Gasteiger partial charge in [0.1, 0.15) is 11.5 Å². The Kier molecular flexibility index (Phi) is 5.79. The Bertz CT molecular complexity index is 1090. The first-order valence-corrected chi connectivity index (χ1v) is 10.3. The minimum absolute atomic E-state index is 0.0285.